The molecule has 1 heterocycles. The fourth-order valence-electron chi connectivity index (χ4n) is 3.06. The molecule has 0 saturated carbocycles. The molecular formula is C21H21F3N2O2S. The molecule has 0 spiro atoms. The summed E-state index contributed by atoms with van der Waals surface area (Å²) in [5.74, 6) is -0.249. The third-order valence-electron chi connectivity index (χ3n) is 4.81. The molecule has 0 radical (unpaired) electrons. The molecule has 154 valence electrons. The van der Waals surface area contributed by atoms with Gasteiger partial charge in [0.05, 0.1) is 17.0 Å². The first-order valence-electron chi connectivity index (χ1n) is 9.04. The molecule has 29 heavy (non-hydrogen) atoms. The molecule has 0 saturated heterocycles. The number of para-hydroxylation sites is 1. The van der Waals surface area contributed by atoms with Gasteiger partial charge in [0.1, 0.15) is 6.54 Å². The zero-order valence-corrected chi connectivity index (χ0v) is 16.9. The number of halogens is 3. The Morgan fingerprint density at radius 1 is 1.10 bits per heavy atom. The Bertz CT molecular complexity index is 928. The van der Waals surface area contributed by atoms with Crippen molar-refractivity contribution in [3.05, 3.63) is 59.7 Å². The van der Waals surface area contributed by atoms with Gasteiger partial charge in [-0.05, 0) is 23.8 Å². The summed E-state index contributed by atoms with van der Waals surface area (Å²) in [6.07, 6.45) is -4.42. The lowest BCUT2D eigenvalue weighted by Gasteiger charge is -2.30. The number of nitrogens with one attached hydrogen (secondary N) is 1. The second-order valence-electron chi connectivity index (χ2n) is 7.48. The molecule has 0 atom stereocenters. The highest BCUT2D eigenvalue weighted by Crippen LogP contribution is 2.35. The van der Waals surface area contributed by atoms with E-state index in [1.807, 2.05) is 12.1 Å². The number of benzene rings is 2. The molecule has 0 bridgehead atoms. The SMILES string of the molecule is CC(C)(CNC(=O)CN1C(=O)CSc2ccccc21)c1cccc(C(F)(F)F)c1. The summed E-state index contributed by atoms with van der Waals surface area (Å²) < 4.78 is 38.9. The smallest absolute Gasteiger partial charge is 0.354 e. The lowest BCUT2D eigenvalue weighted by molar-refractivity contribution is -0.137. The average Bonchev–Trinajstić information content (AvgIpc) is 2.68. The quantitative estimate of drug-likeness (QED) is 0.784. The van der Waals surface area contributed by atoms with Crippen molar-refractivity contribution in [2.75, 3.05) is 23.7 Å². The highest BCUT2D eigenvalue weighted by molar-refractivity contribution is 8.00. The lowest BCUT2D eigenvalue weighted by Crippen LogP contribution is -2.45. The van der Waals surface area contributed by atoms with Gasteiger partial charge in [0, 0.05) is 16.9 Å². The zero-order chi connectivity index (χ0) is 21.2. The third kappa shape index (κ3) is 4.93. The van der Waals surface area contributed by atoms with E-state index in [1.54, 1.807) is 32.0 Å². The predicted octanol–water partition coefficient (Wildman–Crippen LogP) is 4.24. The number of amides is 2. The van der Waals surface area contributed by atoms with Gasteiger partial charge in [0.25, 0.3) is 0 Å². The average molecular weight is 422 g/mol. The molecule has 1 N–H and O–H groups in total. The van der Waals surface area contributed by atoms with Crippen LogP contribution in [-0.4, -0.2) is 30.7 Å². The highest BCUT2D eigenvalue weighted by atomic mass is 32.2. The minimum atomic E-state index is -4.42. The number of alkyl halides is 3. The maximum absolute atomic E-state index is 13.0. The lowest BCUT2D eigenvalue weighted by atomic mass is 9.83. The van der Waals surface area contributed by atoms with Gasteiger partial charge >= 0.3 is 6.18 Å². The summed E-state index contributed by atoms with van der Waals surface area (Å²) in [6.45, 7) is 3.54. The van der Waals surface area contributed by atoms with Crippen molar-refractivity contribution in [2.24, 2.45) is 0 Å². The second kappa shape index (κ2) is 8.10. The fourth-order valence-corrected chi connectivity index (χ4v) is 4.00. The Morgan fingerprint density at radius 3 is 2.52 bits per heavy atom. The summed E-state index contributed by atoms with van der Waals surface area (Å²) in [4.78, 5) is 27.1. The first kappa shape index (κ1) is 21.2. The molecule has 2 aromatic carbocycles. The van der Waals surface area contributed by atoms with E-state index < -0.39 is 17.2 Å². The predicted molar refractivity (Wildman–Crippen MR) is 107 cm³/mol. The van der Waals surface area contributed by atoms with Gasteiger partial charge < -0.3 is 10.2 Å². The van der Waals surface area contributed by atoms with Gasteiger partial charge in [0.15, 0.2) is 0 Å². The summed E-state index contributed by atoms with van der Waals surface area (Å²) in [5.41, 5.74) is -0.261. The summed E-state index contributed by atoms with van der Waals surface area (Å²) in [6, 6.07) is 12.5. The van der Waals surface area contributed by atoms with Crippen LogP contribution in [0, 0.1) is 0 Å². The van der Waals surface area contributed by atoms with E-state index in [2.05, 4.69) is 5.32 Å². The first-order valence-corrected chi connectivity index (χ1v) is 10.0. The van der Waals surface area contributed by atoms with Gasteiger partial charge in [-0.1, -0.05) is 44.2 Å². The normalized spacial score (nSPS) is 14.5. The van der Waals surface area contributed by atoms with Crippen LogP contribution in [0.15, 0.2) is 53.4 Å². The third-order valence-corrected chi connectivity index (χ3v) is 5.86. The second-order valence-corrected chi connectivity index (χ2v) is 8.49. The van der Waals surface area contributed by atoms with E-state index in [0.717, 1.165) is 17.0 Å². The largest absolute Gasteiger partial charge is 0.416 e. The number of thioether (sulfide) groups is 1. The van der Waals surface area contributed by atoms with Crippen LogP contribution in [0.3, 0.4) is 0 Å². The molecule has 1 aliphatic heterocycles. The topological polar surface area (TPSA) is 49.4 Å². The molecule has 0 aromatic heterocycles. The summed E-state index contributed by atoms with van der Waals surface area (Å²) in [7, 11) is 0. The van der Waals surface area contributed by atoms with Crippen LogP contribution in [0.2, 0.25) is 0 Å². The van der Waals surface area contributed by atoms with E-state index in [9.17, 15) is 22.8 Å². The first-order chi connectivity index (χ1) is 13.6. The van der Waals surface area contributed by atoms with Gasteiger partial charge in [-0.15, -0.1) is 11.8 Å². The van der Waals surface area contributed by atoms with Gasteiger partial charge in [0.2, 0.25) is 11.8 Å². The Kier molecular flexibility index (Phi) is 5.93. The fraction of sp³-hybridized carbons (Fsp3) is 0.333. The summed E-state index contributed by atoms with van der Waals surface area (Å²) >= 11 is 1.43. The molecule has 4 nitrogen and oxygen atoms in total. The van der Waals surface area contributed by atoms with Gasteiger partial charge in [-0.25, -0.2) is 0 Å². The van der Waals surface area contributed by atoms with E-state index in [1.165, 1.54) is 22.7 Å². The maximum Gasteiger partial charge on any atom is 0.416 e. The Morgan fingerprint density at radius 2 is 1.79 bits per heavy atom. The number of hydrogen-bond acceptors (Lipinski definition) is 3. The molecule has 0 aliphatic carbocycles. The van der Waals surface area contributed by atoms with E-state index in [4.69, 9.17) is 0 Å². The Labute approximate surface area is 171 Å². The molecule has 2 amide bonds. The molecular weight excluding hydrogens is 401 g/mol. The van der Waals surface area contributed by atoms with Crippen LogP contribution < -0.4 is 10.2 Å². The number of rotatable bonds is 5. The van der Waals surface area contributed by atoms with E-state index in [0.29, 0.717) is 11.3 Å². The Balaban J connectivity index is 1.67. The summed E-state index contributed by atoms with van der Waals surface area (Å²) in [5, 5.41) is 2.76. The highest BCUT2D eigenvalue weighted by Gasteiger charge is 2.32. The number of hydrogen-bond donors (Lipinski definition) is 1. The number of nitrogens with zero attached hydrogens (tertiary/aromatic N) is 1. The minimum Gasteiger partial charge on any atom is -0.354 e. The molecule has 0 unspecified atom stereocenters. The minimum absolute atomic E-state index is 0.130. The van der Waals surface area contributed by atoms with E-state index >= 15 is 0 Å². The molecule has 1 aliphatic rings. The van der Waals surface area contributed by atoms with Crippen molar-refractivity contribution in [3.8, 4) is 0 Å². The van der Waals surface area contributed by atoms with Crippen molar-refractivity contribution >= 4 is 29.3 Å². The molecule has 0 fully saturated rings. The number of anilines is 1. The van der Waals surface area contributed by atoms with Crippen LogP contribution >= 0.6 is 11.8 Å². The van der Waals surface area contributed by atoms with Crippen LogP contribution in [0.25, 0.3) is 0 Å². The van der Waals surface area contributed by atoms with E-state index in [-0.39, 0.29) is 30.7 Å². The van der Waals surface area contributed by atoms with Crippen molar-refractivity contribution in [1.82, 2.24) is 5.32 Å². The van der Waals surface area contributed by atoms with Gasteiger partial charge in [-0.3, -0.25) is 9.59 Å². The van der Waals surface area contributed by atoms with Crippen molar-refractivity contribution in [3.63, 3.8) is 0 Å². The van der Waals surface area contributed by atoms with Crippen molar-refractivity contribution in [2.45, 2.75) is 30.3 Å². The van der Waals surface area contributed by atoms with Crippen LogP contribution in [0.5, 0.6) is 0 Å². The van der Waals surface area contributed by atoms with Crippen LogP contribution in [0.1, 0.15) is 25.0 Å². The molecule has 2 aromatic rings. The number of carbonyl (C=O) groups excluding carboxylic acids is 2. The van der Waals surface area contributed by atoms with Gasteiger partial charge in [-0.2, -0.15) is 13.2 Å². The molecule has 8 heteroatoms. The Hall–Kier alpha value is -2.48. The monoisotopic (exact) mass is 422 g/mol. The number of fused-ring (bicyclic) bond motifs is 1. The van der Waals surface area contributed by atoms with Crippen LogP contribution in [-0.2, 0) is 21.2 Å². The van der Waals surface area contributed by atoms with Crippen molar-refractivity contribution in [1.29, 1.82) is 0 Å². The standard InChI is InChI=1S/C21H21F3N2O2S/c1-20(2,14-6-5-7-15(10-14)21(22,23)24)13-25-18(27)11-26-16-8-3-4-9-17(16)29-12-19(26)28/h3-10H,11-13H2,1-2H3,(H,25,27). The maximum atomic E-state index is 13.0. The molecule has 3 rings (SSSR count). The van der Waals surface area contributed by atoms with Crippen molar-refractivity contribution < 1.29 is 22.8 Å². The number of carbonyl (C=O) groups is 2. The zero-order valence-electron chi connectivity index (χ0n) is 16.0. The van der Waals surface area contributed by atoms with Crippen LogP contribution in [0.4, 0.5) is 18.9 Å².